The lowest BCUT2D eigenvalue weighted by atomic mass is 9.79. The number of benzene rings is 1. The molecule has 4 heteroatoms. The summed E-state index contributed by atoms with van der Waals surface area (Å²) < 4.78 is 0. The van der Waals surface area contributed by atoms with Crippen molar-refractivity contribution in [3.63, 3.8) is 0 Å². The number of rotatable bonds is 6. The molecule has 29 heavy (non-hydrogen) atoms. The molecule has 0 spiro atoms. The Kier molecular flexibility index (Phi) is 5.42. The molecule has 1 aromatic carbocycles. The van der Waals surface area contributed by atoms with E-state index in [4.69, 9.17) is 0 Å². The number of fused-ring (bicyclic) bond motifs is 1. The normalized spacial score (nSPS) is 32.7. The highest BCUT2D eigenvalue weighted by Gasteiger charge is 2.58. The average Bonchev–Trinajstić information content (AvgIpc) is 3.18. The van der Waals surface area contributed by atoms with Crippen LogP contribution in [0.3, 0.4) is 0 Å². The highest BCUT2D eigenvalue weighted by atomic mass is 16.3. The number of carbonyl (C=O) groups is 1. The molecule has 0 radical (unpaired) electrons. The highest BCUT2D eigenvalue weighted by Crippen LogP contribution is 2.47. The van der Waals surface area contributed by atoms with Gasteiger partial charge in [-0.1, -0.05) is 62.4 Å². The second kappa shape index (κ2) is 8.03. The second-order valence-corrected chi connectivity index (χ2v) is 10.2. The van der Waals surface area contributed by atoms with Crippen molar-refractivity contribution in [2.75, 3.05) is 19.6 Å². The van der Waals surface area contributed by atoms with Crippen molar-refractivity contribution in [3.05, 3.63) is 35.9 Å². The average molecular weight is 397 g/mol. The summed E-state index contributed by atoms with van der Waals surface area (Å²) in [6, 6.07) is 9.90. The Morgan fingerprint density at radius 3 is 2.24 bits per heavy atom. The molecule has 4 nitrogen and oxygen atoms in total. The van der Waals surface area contributed by atoms with Gasteiger partial charge in [0.2, 0.25) is 0 Å². The summed E-state index contributed by atoms with van der Waals surface area (Å²) in [6.07, 6.45) is 11.1. The smallest absolute Gasteiger partial charge is 0.257 e. The summed E-state index contributed by atoms with van der Waals surface area (Å²) in [5.41, 5.74) is -0.620. The van der Waals surface area contributed by atoms with Gasteiger partial charge in [-0.15, -0.1) is 0 Å². The van der Waals surface area contributed by atoms with Crippen molar-refractivity contribution in [2.45, 2.75) is 69.4 Å². The number of carbonyl (C=O) groups excluding carboxylic acids is 1. The van der Waals surface area contributed by atoms with Crippen molar-refractivity contribution in [1.29, 1.82) is 0 Å². The number of nitrogens with one attached hydrogen (secondary N) is 1. The fourth-order valence-corrected chi connectivity index (χ4v) is 6.56. The van der Waals surface area contributed by atoms with E-state index in [1.165, 1.54) is 38.6 Å². The number of likely N-dealkylation sites (tertiary alicyclic amines) is 1. The van der Waals surface area contributed by atoms with Crippen LogP contribution in [0.15, 0.2) is 30.3 Å². The van der Waals surface area contributed by atoms with Gasteiger partial charge in [-0.05, 0) is 49.0 Å². The summed E-state index contributed by atoms with van der Waals surface area (Å²) >= 11 is 0. The first-order valence-corrected chi connectivity index (χ1v) is 12.0. The molecule has 1 aromatic rings. The van der Waals surface area contributed by atoms with Gasteiger partial charge in [0, 0.05) is 31.6 Å². The molecule has 1 saturated heterocycles. The molecule has 1 aliphatic heterocycles. The molecule has 3 unspecified atom stereocenters. The Labute approximate surface area is 175 Å². The lowest BCUT2D eigenvalue weighted by Gasteiger charge is -2.34. The van der Waals surface area contributed by atoms with E-state index in [1.54, 1.807) is 0 Å². The Hall–Kier alpha value is -1.39. The molecule has 3 aliphatic carbocycles. The first-order chi connectivity index (χ1) is 14.2. The van der Waals surface area contributed by atoms with Crippen molar-refractivity contribution in [2.24, 2.45) is 23.7 Å². The van der Waals surface area contributed by atoms with E-state index in [9.17, 15) is 9.90 Å². The molecule has 158 valence electrons. The summed E-state index contributed by atoms with van der Waals surface area (Å²) in [6.45, 7) is 3.50. The van der Waals surface area contributed by atoms with Crippen LogP contribution in [0, 0.1) is 23.7 Å². The first kappa shape index (κ1) is 19.6. The second-order valence-electron chi connectivity index (χ2n) is 10.2. The van der Waals surface area contributed by atoms with Crippen molar-refractivity contribution in [3.8, 4) is 0 Å². The maximum Gasteiger partial charge on any atom is 0.257 e. The molecule has 2 N–H and O–H groups in total. The molecule has 0 bridgehead atoms. The van der Waals surface area contributed by atoms with Crippen LogP contribution < -0.4 is 5.32 Å². The molecule has 4 fully saturated rings. The van der Waals surface area contributed by atoms with Crippen molar-refractivity contribution >= 4 is 5.91 Å². The van der Waals surface area contributed by atoms with Crippen LogP contribution in [-0.2, 0) is 10.4 Å². The fourth-order valence-electron chi connectivity index (χ4n) is 6.56. The third-order valence-electron chi connectivity index (χ3n) is 8.31. The lowest BCUT2D eigenvalue weighted by Crippen LogP contribution is -2.51. The summed E-state index contributed by atoms with van der Waals surface area (Å²) in [5.74, 6) is 1.94. The van der Waals surface area contributed by atoms with Crippen LogP contribution in [0.4, 0.5) is 0 Å². The van der Waals surface area contributed by atoms with Crippen LogP contribution in [0.1, 0.15) is 63.4 Å². The molecule has 1 amide bonds. The number of piperidine rings is 1. The predicted octanol–water partition coefficient (Wildman–Crippen LogP) is 3.69. The molecule has 5 rings (SSSR count). The lowest BCUT2D eigenvalue weighted by molar-refractivity contribution is -0.147. The Bertz CT molecular complexity index is 699. The van der Waals surface area contributed by atoms with Gasteiger partial charge in [-0.25, -0.2) is 0 Å². The minimum atomic E-state index is -1.38. The predicted molar refractivity (Wildman–Crippen MR) is 114 cm³/mol. The maximum atomic E-state index is 13.4. The summed E-state index contributed by atoms with van der Waals surface area (Å²) in [5, 5.41) is 14.9. The number of nitrogens with zero attached hydrogens (tertiary/aromatic N) is 1. The minimum Gasteiger partial charge on any atom is -0.375 e. The van der Waals surface area contributed by atoms with E-state index < -0.39 is 5.60 Å². The molecule has 1 heterocycles. The Morgan fingerprint density at radius 1 is 0.966 bits per heavy atom. The third kappa shape index (κ3) is 3.74. The van der Waals surface area contributed by atoms with E-state index in [2.05, 4.69) is 10.2 Å². The first-order valence-electron chi connectivity index (χ1n) is 12.0. The molecule has 4 atom stereocenters. The highest BCUT2D eigenvalue weighted by molar-refractivity contribution is 5.87. The maximum absolute atomic E-state index is 13.4. The van der Waals surface area contributed by atoms with E-state index in [-0.39, 0.29) is 17.9 Å². The zero-order valence-electron chi connectivity index (χ0n) is 17.6. The van der Waals surface area contributed by atoms with E-state index in [1.807, 2.05) is 30.3 Å². The quantitative estimate of drug-likeness (QED) is 0.771. The van der Waals surface area contributed by atoms with Gasteiger partial charge in [0.05, 0.1) is 0 Å². The standard InChI is InChI=1S/C25H36N2O2/c28-24(25(29,20-13-7-8-14-20)19-11-5-2-6-12-19)26-23-21-16-27(17-22(21)23)15-18-9-3-1-4-10-18/h2,5-6,11-12,18,20-23,29H,1,3-4,7-10,13-17H2,(H,26,28)/t21-,22?,23?,25?/m0/s1. The number of amides is 1. The SMILES string of the molecule is O=C(NC1C2CN(CC3CCCCC3)C[C@@H]21)C(O)(c1ccccc1)C1CCCC1. The van der Waals surface area contributed by atoms with Gasteiger partial charge in [-0.3, -0.25) is 4.79 Å². The van der Waals surface area contributed by atoms with Crippen LogP contribution in [0.5, 0.6) is 0 Å². The van der Waals surface area contributed by atoms with E-state index >= 15 is 0 Å². The van der Waals surface area contributed by atoms with Gasteiger partial charge in [0.1, 0.15) is 0 Å². The molecular weight excluding hydrogens is 360 g/mol. The zero-order chi connectivity index (χ0) is 19.8. The van der Waals surface area contributed by atoms with Crippen LogP contribution in [0.2, 0.25) is 0 Å². The van der Waals surface area contributed by atoms with Gasteiger partial charge in [0.25, 0.3) is 5.91 Å². The molecule has 4 aliphatic rings. The number of hydrogen-bond acceptors (Lipinski definition) is 3. The zero-order valence-corrected chi connectivity index (χ0v) is 17.6. The van der Waals surface area contributed by atoms with E-state index in [0.29, 0.717) is 11.8 Å². The molecule has 0 aromatic heterocycles. The molecule has 3 saturated carbocycles. The Balaban J connectivity index is 1.20. The fraction of sp³-hybridized carbons (Fsp3) is 0.720. The van der Waals surface area contributed by atoms with Crippen molar-refractivity contribution < 1.29 is 9.90 Å². The van der Waals surface area contributed by atoms with Crippen LogP contribution >= 0.6 is 0 Å². The van der Waals surface area contributed by atoms with E-state index in [0.717, 1.165) is 50.3 Å². The van der Waals surface area contributed by atoms with Gasteiger partial charge >= 0.3 is 0 Å². The van der Waals surface area contributed by atoms with Crippen LogP contribution in [0.25, 0.3) is 0 Å². The summed E-state index contributed by atoms with van der Waals surface area (Å²) in [7, 11) is 0. The monoisotopic (exact) mass is 396 g/mol. The van der Waals surface area contributed by atoms with Gasteiger partial charge < -0.3 is 15.3 Å². The topological polar surface area (TPSA) is 52.6 Å². The molecular formula is C25H36N2O2. The number of hydrogen-bond donors (Lipinski definition) is 2. The van der Waals surface area contributed by atoms with Gasteiger partial charge in [-0.2, -0.15) is 0 Å². The van der Waals surface area contributed by atoms with Gasteiger partial charge in [0.15, 0.2) is 5.60 Å². The van der Waals surface area contributed by atoms with Crippen molar-refractivity contribution in [1.82, 2.24) is 10.2 Å². The third-order valence-corrected chi connectivity index (χ3v) is 8.31. The van der Waals surface area contributed by atoms with Crippen LogP contribution in [-0.4, -0.2) is 41.6 Å². The summed E-state index contributed by atoms with van der Waals surface area (Å²) in [4.78, 5) is 16.0. The largest absolute Gasteiger partial charge is 0.375 e. The number of aliphatic hydroxyl groups is 1. The Morgan fingerprint density at radius 2 is 1.59 bits per heavy atom. The minimum absolute atomic E-state index is 0.0336.